The number of carbonyl (C=O) groups is 3. The third-order valence-corrected chi connectivity index (χ3v) is 6.04. The number of carbonyl (C=O) groups excluding carboxylic acids is 3. The first-order valence-electron chi connectivity index (χ1n) is 10.7. The van der Waals surface area contributed by atoms with Crippen molar-refractivity contribution >= 4 is 17.7 Å². The SMILES string of the molecule is COC(=O)C1C(=O)C2=C(CC1C)NC(C)=C(C(=O)OC(C)C)C2c1ccc2c(c1)OCO2. The first kappa shape index (κ1) is 21.9. The summed E-state index contributed by atoms with van der Waals surface area (Å²) in [7, 11) is 1.27. The van der Waals surface area contributed by atoms with E-state index in [1.54, 1.807) is 32.9 Å². The van der Waals surface area contributed by atoms with Crippen molar-refractivity contribution < 1.29 is 33.3 Å². The second-order valence-electron chi connectivity index (χ2n) is 8.60. The minimum absolute atomic E-state index is 0.108. The maximum Gasteiger partial charge on any atom is 0.337 e. The molecule has 3 aliphatic rings. The largest absolute Gasteiger partial charge is 0.468 e. The van der Waals surface area contributed by atoms with Crippen molar-refractivity contribution in [1.82, 2.24) is 5.32 Å². The van der Waals surface area contributed by atoms with Gasteiger partial charge in [-0.15, -0.1) is 0 Å². The van der Waals surface area contributed by atoms with E-state index in [1.807, 2.05) is 13.0 Å². The van der Waals surface area contributed by atoms with Crippen molar-refractivity contribution in [2.75, 3.05) is 13.9 Å². The fraction of sp³-hybridized carbons (Fsp3) is 0.458. The van der Waals surface area contributed by atoms with Crippen LogP contribution in [0.2, 0.25) is 0 Å². The molecule has 1 N–H and O–H groups in total. The van der Waals surface area contributed by atoms with Gasteiger partial charge in [-0.3, -0.25) is 9.59 Å². The normalized spacial score (nSPS) is 24.3. The number of fused-ring (bicyclic) bond motifs is 1. The molecule has 0 fully saturated rings. The van der Waals surface area contributed by atoms with Crippen LogP contribution in [0.25, 0.3) is 0 Å². The van der Waals surface area contributed by atoms with Gasteiger partial charge >= 0.3 is 11.9 Å². The molecule has 0 radical (unpaired) electrons. The standard InChI is InChI=1S/C24H27NO7/c1-11(2)32-24(28)19-13(4)25-15-8-12(3)18(23(27)29-5)22(26)21(15)20(19)14-6-7-16-17(9-14)31-10-30-16/h6-7,9,11-12,18,20,25H,8,10H2,1-5H3. The zero-order valence-electron chi connectivity index (χ0n) is 18.8. The molecule has 1 aliphatic carbocycles. The molecule has 8 nitrogen and oxygen atoms in total. The van der Waals surface area contributed by atoms with Gasteiger partial charge in [-0.1, -0.05) is 13.0 Å². The Balaban J connectivity index is 1.87. The van der Waals surface area contributed by atoms with E-state index in [1.165, 1.54) is 7.11 Å². The Labute approximate surface area is 186 Å². The summed E-state index contributed by atoms with van der Waals surface area (Å²) in [6.07, 6.45) is 0.145. The molecule has 0 spiro atoms. The molecule has 3 unspecified atom stereocenters. The predicted octanol–water partition coefficient (Wildman–Crippen LogP) is 2.98. The number of Topliss-reactive ketones (excluding diaryl/α,β-unsaturated/α-hetero) is 1. The molecular weight excluding hydrogens is 414 g/mol. The number of hydrogen-bond acceptors (Lipinski definition) is 8. The van der Waals surface area contributed by atoms with E-state index in [2.05, 4.69) is 5.32 Å². The van der Waals surface area contributed by atoms with Crippen molar-refractivity contribution in [1.29, 1.82) is 0 Å². The number of benzene rings is 1. The summed E-state index contributed by atoms with van der Waals surface area (Å²) in [6, 6.07) is 5.34. The quantitative estimate of drug-likeness (QED) is 0.562. The summed E-state index contributed by atoms with van der Waals surface area (Å²) in [5.74, 6) is -2.18. The lowest BCUT2D eigenvalue weighted by atomic mass is 9.69. The van der Waals surface area contributed by atoms with Gasteiger partial charge < -0.3 is 24.3 Å². The third kappa shape index (κ3) is 3.63. The Morgan fingerprint density at radius 1 is 1.19 bits per heavy atom. The second kappa shape index (κ2) is 8.33. The van der Waals surface area contributed by atoms with Crippen LogP contribution in [0.5, 0.6) is 11.5 Å². The second-order valence-corrected chi connectivity index (χ2v) is 8.60. The number of esters is 2. The fourth-order valence-electron chi connectivity index (χ4n) is 4.65. The number of nitrogens with one attached hydrogen (secondary N) is 1. The third-order valence-electron chi connectivity index (χ3n) is 6.04. The van der Waals surface area contributed by atoms with E-state index >= 15 is 0 Å². The van der Waals surface area contributed by atoms with E-state index in [-0.39, 0.29) is 24.6 Å². The van der Waals surface area contributed by atoms with Gasteiger partial charge in [0.2, 0.25) is 6.79 Å². The number of methoxy groups -OCH3 is 1. The molecule has 170 valence electrons. The van der Waals surface area contributed by atoms with Crippen LogP contribution >= 0.6 is 0 Å². The summed E-state index contributed by atoms with van der Waals surface area (Å²) in [4.78, 5) is 39.3. The van der Waals surface area contributed by atoms with Crippen LogP contribution in [0.4, 0.5) is 0 Å². The van der Waals surface area contributed by atoms with Crippen LogP contribution < -0.4 is 14.8 Å². The molecule has 3 atom stereocenters. The topological polar surface area (TPSA) is 100 Å². The lowest BCUT2D eigenvalue weighted by Crippen LogP contribution is -2.43. The highest BCUT2D eigenvalue weighted by Gasteiger charge is 2.47. The van der Waals surface area contributed by atoms with E-state index in [0.717, 1.165) is 0 Å². The van der Waals surface area contributed by atoms with Crippen molar-refractivity contribution in [3.63, 3.8) is 0 Å². The molecule has 1 aromatic rings. The van der Waals surface area contributed by atoms with Gasteiger partial charge in [-0.2, -0.15) is 0 Å². The molecular formula is C24H27NO7. The van der Waals surface area contributed by atoms with E-state index in [4.69, 9.17) is 18.9 Å². The Bertz CT molecular complexity index is 1050. The van der Waals surface area contributed by atoms with E-state index < -0.39 is 23.8 Å². The summed E-state index contributed by atoms with van der Waals surface area (Å²) < 4.78 is 21.4. The maximum atomic E-state index is 13.7. The summed E-state index contributed by atoms with van der Waals surface area (Å²) in [5.41, 5.74) is 2.74. The zero-order valence-corrected chi connectivity index (χ0v) is 18.8. The van der Waals surface area contributed by atoms with Crippen LogP contribution in [0.15, 0.2) is 40.7 Å². The number of allylic oxidation sites excluding steroid dienone is 3. The van der Waals surface area contributed by atoms with Crippen LogP contribution in [0, 0.1) is 11.8 Å². The van der Waals surface area contributed by atoms with Gasteiger partial charge in [0.1, 0.15) is 5.92 Å². The molecule has 2 heterocycles. The predicted molar refractivity (Wildman–Crippen MR) is 114 cm³/mol. The first-order chi connectivity index (χ1) is 15.2. The average molecular weight is 441 g/mol. The van der Waals surface area contributed by atoms with Crippen molar-refractivity contribution in [3.05, 3.63) is 46.3 Å². The van der Waals surface area contributed by atoms with Gasteiger partial charge in [0.15, 0.2) is 17.3 Å². The van der Waals surface area contributed by atoms with Crippen molar-refractivity contribution in [2.24, 2.45) is 11.8 Å². The molecule has 0 aromatic heterocycles. The molecule has 2 aliphatic heterocycles. The fourth-order valence-corrected chi connectivity index (χ4v) is 4.65. The Morgan fingerprint density at radius 3 is 2.59 bits per heavy atom. The molecule has 0 amide bonds. The monoisotopic (exact) mass is 441 g/mol. The minimum atomic E-state index is -0.933. The highest BCUT2D eigenvalue weighted by atomic mass is 16.7. The molecule has 8 heteroatoms. The minimum Gasteiger partial charge on any atom is -0.468 e. The number of rotatable bonds is 4. The Hall–Kier alpha value is -3.29. The molecule has 32 heavy (non-hydrogen) atoms. The summed E-state index contributed by atoms with van der Waals surface area (Å²) in [6.45, 7) is 7.29. The van der Waals surface area contributed by atoms with E-state index in [9.17, 15) is 14.4 Å². The molecule has 0 saturated heterocycles. The van der Waals surface area contributed by atoms with Crippen molar-refractivity contribution in [2.45, 2.75) is 46.1 Å². The summed E-state index contributed by atoms with van der Waals surface area (Å²) in [5, 5.41) is 3.24. The smallest absolute Gasteiger partial charge is 0.337 e. The number of ketones is 1. The van der Waals surface area contributed by atoms with Gasteiger partial charge in [-0.05, 0) is 50.8 Å². The lowest BCUT2D eigenvalue weighted by molar-refractivity contribution is -0.151. The maximum absolute atomic E-state index is 13.7. The number of hydrogen-bond donors (Lipinski definition) is 1. The first-order valence-corrected chi connectivity index (χ1v) is 10.7. The van der Waals surface area contributed by atoms with Crippen LogP contribution in [-0.2, 0) is 23.9 Å². The number of ether oxygens (including phenoxy) is 4. The highest BCUT2D eigenvalue weighted by Crippen LogP contribution is 2.47. The average Bonchev–Trinajstić information content (AvgIpc) is 3.19. The van der Waals surface area contributed by atoms with Gasteiger partial charge in [0.05, 0.1) is 18.8 Å². The lowest BCUT2D eigenvalue weighted by Gasteiger charge is -2.38. The van der Waals surface area contributed by atoms with Gasteiger partial charge in [0, 0.05) is 22.9 Å². The molecule has 0 bridgehead atoms. The molecule has 0 saturated carbocycles. The van der Waals surface area contributed by atoms with Crippen LogP contribution in [-0.4, -0.2) is 37.7 Å². The van der Waals surface area contributed by atoms with E-state index in [0.29, 0.717) is 46.0 Å². The van der Waals surface area contributed by atoms with Crippen LogP contribution in [0.1, 0.15) is 45.6 Å². The van der Waals surface area contributed by atoms with Gasteiger partial charge in [0.25, 0.3) is 0 Å². The van der Waals surface area contributed by atoms with Crippen molar-refractivity contribution in [3.8, 4) is 11.5 Å². The Morgan fingerprint density at radius 2 is 1.91 bits per heavy atom. The zero-order chi connectivity index (χ0) is 23.2. The molecule has 4 rings (SSSR count). The Kier molecular flexibility index (Phi) is 5.71. The number of dihydropyridines is 1. The molecule has 1 aromatic carbocycles. The highest BCUT2D eigenvalue weighted by molar-refractivity contribution is 6.12. The van der Waals surface area contributed by atoms with Crippen LogP contribution in [0.3, 0.4) is 0 Å². The summed E-state index contributed by atoms with van der Waals surface area (Å²) >= 11 is 0. The van der Waals surface area contributed by atoms with Gasteiger partial charge in [-0.25, -0.2) is 4.79 Å².